The molecule has 0 saturated carbocycles. The highest BCUT2D eigenvalue weighted by atomic mass is 16.5. The minimum atomic E-state index is -0.266. The summed E-state index contributed by atoms with van der Waals surface area (Å²) in [7, 11) is 0. The van der Waals surface area contributed by atoms with Gasteiger partial charge in [-0.3, -0.25) is 4.79 Å². The molecule has 0 saturated heterocycles. The maximum absolute atomic E-state index is 11.9. The van der Waals surface area contributed by atoms with E-state index in [1.165, 1.54) is 0 Å². The van der Waals surface area contributed by atoms with Crippen LogP contribution >= 0.6 is 0 Å². The van der Waals surface area contributed by atoms with Crippen molar-refractivity contribution in [3.05, 3.63) is 90.0 Å². The van der Waals surface area contributed by atoms with Gasteiger partial charge in [0.15, 0.2) is 0 Å². The number of nitrogen functional groups attached to an aromatic ring is 1. The minimum absolute atomic E-state index is 0.181. The number of rotatable bonds is 8. The van der Waals surface area contributed by atoms with E-state index >= 15 is 0 Å². The smallest absolute Gasteiger partial charge is 0.310 e. The van der Waals surface area contributed by atoms with E-state index in [-0.39, 0.29) is 12.4 Å². The zero-order chi connectivity index (χ0) is 21.5. The molecular formula is C26H27NO3. The summed E-state index contributed by atoms with van der Waals surface area (Å²) in [6.45, 7) is 8.76. The van der Waals surface area contributed by atoms with Crippen molar-refractivity contribution < 1.29 is 14.3 Å². The van der Waals surface area contributed by atoms with Gasteiger partial charge in [0.25, 0.3) is 0 Å². The summed E-state index contributed by atoms with van der Waals surface area (Å²) < 4.78 is 11.1. The number of anilines is 1. The Balaban J connectivity index is 1.76. The molecule has 0 atom stereocenters. The van der Waals surface area contributed by atoms with Crippen LogP contribution in [0.15, 0.2) is 73.3 Å². The summed E-state index contributed by atoms with van der Waals surface area (Å²) in [6.07, 6.45) is 0.181. The number of hydrogen-bond acceptors (Lipinski definition) is 4. The first-order chi connectivity index (χ1) is 14.5. The van der Waals surface area contributed by atoms with Gasteiger partial charge in [-0.15, -0.1) is 0 Å². The zero-order valence-electron chi connectivity index (χ0n) is 17.5. The lowest BCUT2D eigenvalue weighted by Crippen LogP contribution is -2.09. The van der Waals surface area contributed by atoms with Crippen LogP contribution in [0.2, 0.25) is 0 Å². The lowest BCUT2D eigenvalue weighted by atomic mass is 9.96. The van der Waals surface area contributed by atoms with Crippen LogP contribution in [0.25, 0.3) is 16.7 Å². The van der Waals surface area contributed by atoms with Gasteiger partial charge in [-0.1, -0.05) is 49.0 Å². The molecule has 0 aliphatic heterocycles. The largest absolute Gasteiger partial charge is 0.489 e. The molecule has 3 aromatic carbocycles. The van der Waals surface area contributed by atoms with Gasteiger partial charge in [-0.25, -0.2) is 0 Å². The van der Waals surface area contributed by atoms with E-state index in [1.54, 1.807) is 6.92 Å². The molecule has 154 valence electrons. The number of benzene rings is 3. The molecule has 30 heavy (non-hydrogen) atoms. The Hall–Kier alpha value is -3.53. The zero-order valence-corrected chi connectivity index (χ0v) is 17.5. The van der Waals surface area contributed by atoms with E-state index in [0.717, 1.165) is 39.1 Å². The minimum Gasteiger partial charge on any atom is -0.489 e. The number of esters is 1. The molecule has 0 spiro atoms. The Morgan fingerprint density at radius 1 is 1.00 bits per heavy atom. The topological polar surface area (TPSA) is 61.5 Å². The Labute approximate surface area is 178 Å². The first-order valence-corrected chi connectivity index (χ1v) is 9.99. The molecule has 4 nitrogen and oxygen atoms in total. The third-order valence-corrected chi connectivity index (χ3v) is 4.85. The monoisotopic (exact) mass is 401 g/mol. The maximum Gasteiger partial charge on any atom is 0.310 e. The molecule has 2 N–H and O–H groups in total. The molecule has 0 aliphatic rings. The lowest BCUT2D eigenvalue weighted by molar-refractivity contribution is -0.142. The molecule has 0 radical (unpaired) electrons. The van der Waals surface area contributed by atoms with E-state index in [2.05, 4.69) is 31.7 Å². The second-order valence-corrected chi connectivity index (χ2v) is 7.14. The number of ether oxygens (including phenoxy) is 2. The quantitative estimate of drug-likeness (QED) is 0.403. The van der Waals surface area contributed by atoms with E-state index in [0.29, 0.717) is 19.0 Å². The normalized spacial score (nSPS) is 10.5. The van der Waals surface area contributed by atoms with Gasteiger partial charge in [0, 0.05) is 11.3 Å². The average Bonchev–Trinajstić information content (AvgIpc) is 2.73. The van der Waals surface area contributed by atoms with Crippen molar-refractivity contribution in [2.75, 3.05) is 18.9 Å². The maximum atomic E-state index is 11.9. The van der Waals surface area contributed by atoms with Crippen LogP contribution in [0.4, 0.5) is 5.69 Å². The fourth-order valence-electron chi connectivity index (χ4n) is 3.30. The van der Waals surface area contributed by atoms with Crippen molar-refractivity contribution in [3.8, 4) is 16.9 Å². The van der Waals surface area contributed by atoms with Crippen LogP contribution in [0, 0.1) is 6.92 Å². The Bertz CT molecular complexity index is 1060. The van der Waals surface area contributed by atoms with Crippen molar-refractivity contribution in [1.29, 1.82) is 0 Å². The first-order valence-electron chi connectivity index (χ1n) is 9.99. The summed E-state index contributed by atoms with van der Waals surface area (Å²) in [5, 5.41) is 0. The van der Waals surface area contributed by atoms with Crippen molar-refractivity contribution in [2.24, 2.45) is 0 Å². The SMILES string of the molecule is C=C(COc1ccccc1CC(=O)OCC)c1cc(-c2cccc(N)c2)ccc1C. The number of nitrogens with two attached hydrogens (primary N) is 1. The van der Waals surface area contributed by atoms with Gasteiger partial charge in [0.05, 0.1) is 13.0 Å². The van der Waals surface area contributed by atoms with Gasteiger partial charge >= 0.3 is 5.97 Å². The highest BCUT2D eigenvalue weighted by Crippen LogP contribution is 2.28. The van der Waals surface area contributed by atoms with E-state index < -0.39 is 0 Å². The number of hydrogen-bond donors (Lipinski definition) is 1. The molecule has 0 fully saturated rings. The first kappa shape index (κ1) is 21.2. The van der Waals surface area contributed by atoms with Gasteiger partial charge < -0.3 is 15.2 Å². The van der Waals surface area contributed by atoms with Gasteiger partial charge in [-0.05, 0) is 65.9 Å². The molecule has 3 aromatic rings. The van der Waals surface area contributed by atoms with E-state index in [4.69, 9.17) is 15.2 Å². The summed E-state index contributed by atoms with van der Waals surface area (Å²) in [6, 6.07) is 21.6. The van der Waals surface area contributed by atoms with E-state index in [9.17, 15) is 4.79 Å². The molecule has 0 heterocycles. The number of carbonyl (C=O) groups is 1. The third-order valence-electron chi connectivity index (χ3n) is 4.85. The van der Waals surface area contributed by atoms with Crippen LogP contribution in [-0.4, -0.2) is 19.2 Å². The van der Waals surface area contributed by atoms with Crippen LogP contribution < -0.4 is 10.5 Å². The Morgan fingerprint density at radius 3 is 2.53 bits per heavy atom. The molecule has 0 amide bonds. The predicted octanol–water partition coefficient (Wildman–Crippen LogP) is 5.44. The number of aryl methyl sites for hydroxylation is 1. The molecule has 0 unspecified atom stereocenters. The summed E-state index contributed by atoms with van der Waals surface area (Å²) >= 11 is 0. The highest BCUT2D eigenvalue weighted by Gasteiger charge is 2.12. The van der Waals surface area contributed by atoms with Gasteiger partial charge in [0.1, 0.15) is 12.4 Å². The summed E-state index contributed by atoms with van der Waals surface area (Å²) in [5.41, 5.74) is 12.6. The van der Waals surface area contributed by atoms with Gasteiger partial charge in [-0.2, -0.15) is 0 Å². The molecule has 3 rings (SSSR count). The number of para-hydroxylation sites is 1. The molecular weight excluding hydrogens is 374 g/mol. The second kappa shape index (κ2) is 9.79. The van der Waals surface area contributed by atoms with Crippen LogP contribution in [0.3, 0.4) is 0 Å². The van der Waals surface area contributed by atoms with Gasteiger partial charge in [0.2, 0.25) is 0 Å². The molecule has 0 aromatic heterocycles. The van der Waals surface area contributed by atoms with Crippen LogP contribution in [0.1, 0.15) is 23.6 Å². The fraction of sp³-hybridized carbons (Fsp3) is 0.192. The van der Waals surface area contributed by atoms with Crippen LogP contribution in [0.5, 0.6) is 5.75 Å². The fourth-order valence-corrected chi connectivity index (χ4v) is 3.30. The van der Waals surface area contributed by atoms with Crippen molar-refractivity contribution >= 4 is 17.2 Å². The third kappa shape index (κ3) is 5.29. The summed E-state index contributed by atoms with van der Waals surface area (Å²) in [4.78, 5) is 11.9. The lowest BCUT2D eigenvalue weighted by Gasteiger charge is -2.15. The highest BCUT2D eigenvalue weighted by molar-refractivity contribution is 5.76. The van der Waals surface area contributed by atoms with E-state index in [1.807, 2.05) is 48.5 Å². The molecule has 0 bridgehead atoms. The summed E-state index contributed by atoms with van der Waals surface area (Å²) in [5.74, 6) is 0.398. The van der Waals surface area contributed by atoms with Crippen molar-refractivity contribution in [3.63, 3.8) is 0 Å². The standard InChI is InChI=1S/C26H27NO3/c1-4-29-26(28)16-22-8-5-6-11-25(22)30-17-19(3)24-15-21(13-12-18(24)2)20-9-7-10-23(27)14-20/h5-15H,3-4,16-17,27H2,1-2H3. The molecule has 4 heteroatoms. The number of carbonyl (C=O) groups excluding carboxylic acids is 1. The van der Waals surface area contributed by atoms with Crippen molar-refractivity contribution in [2.45, 2.75) is 20.3 Å². The van der Waals surface area contributed by atoms with Crippen molar-refractivity contribution in [1.82, 2.24) is 0 Å². The predicted molar refractivity (Wildman–Crippen MR) is 122 cm³/mol. The average molecular weight is 402 g/mol. The Morgan fingerprint density at radius 2 is 1.77 bits per heavy atom. The Kier molecular flexibility index (Phi) is 6.91. The second-order valence-electron chi connectivity index (χ2n) is 7.14. The molecule has 0 aliphatic carbocycles. The van der Waals surface area contributed by atoms with Crippen LogP contribution in [-0.2, 0) is 16.0 Å².